The molecule has 0 radical (unpaired) electrons. The average Bonchev–Trinajstić information content (AvgIpc) is 2.69. The molecule has 2 aromatic carbocycles. The van der Waals surface area contributed by atoms with Crippen molar-refractivity contribution in [3.8, 4) is 0 Å². The van der Waals surface area contributed by atoms with Crippen molar-refractivity contribution >= 4 is 17.7 Å². The van der Waals surface area contributed by atoms with Gasteiger partial charge < -0.3 is 10.4 Å². The lowest BCUT2D eigenvalue weighted by Gasteiger charge is -2.25. The number of alkyl halides is 6. The Bertz CT molecular complexity index is 877. The number of hydrogen-bond donors (Lipinski definition) is 2. The Morgan fingerprint density at radius 3 is 2.00 bits per heavy atom. The Kier molecular flexibility index (Phi) is 8.35. The van der Waals surface area contributed by atoms with E-state index in [2.05, 4.69) is 5.32 Å². The van der Waals surface area contributed by atoms with Gasteiger partial charge in [0.25, 0.3) is 0 Å². The second-order valence-corrected chi connectivity index (χ2v) is 7.75. The van der Waals surface area contributed by atoms with E-state index in [-0.39, 0.29) is 11.7 Å². The molecule has 1 aliphatic heterocycles. The minimum Gasteiger partial charge on any atom is -0.475 e. The maximum atomic E-state index is 13.7. The zero-order valence-electron chi connectivity index (χ0n) is 15.9. The minimum absolute atomic E-state index is 0.277. The van der Waals surface area contributed by atoms with Crippen LogP contribution in [-0.4, -0.2) is 30.3 Å². The molecular formula is C20H18F7NO2S. The highest BCUT2D eigenvalue weighted by atomic mass is 32.2. The number of nitrogens with one attached hydrogen (secondary N) is 1. The molecule has 1 saturated heterocycles. The first kappa shape index (κ1) is 25.0. The lowest BCUT2D eigenvalue weighted by molar-refractivity contribution is -0.192. The molecule has 1 fully saturated rings. The van der Waals surface area contributed by atoms with Crippen molar-refractivity contribution in [2.75, 3.05) is 13.1 Å². The summed E-state index contributed by atoms with van der Waals surface area (Å²) >= 11 is 1.38. The molecule has 0 unspecified atom stereocenters. The molecule has 1 aliphatic rings. The maximum absolute atomic E-state index is 13.7. The number of hydrogen-bond acceptors (Lipinski definition) is 3. The van der Waals surface area contributed by atoms with E-state index in [0.717, 1.165) is 48.5 Å². The molecule has 0 aliphatic carbocycles. The summed E-state index contributed by atoms with van der Waals surface area (Å²) in [6, 6.07) is 9.76. The lowest BCUT2D eigenvalue weighted by Crippen LogP contribution is -2.26. The average molecular weight is 469 g/mol. The van der Waals surface area contributed by atoms with Crippen molar-refractivity contribution in [3.63, 3.8) is 0 Å². The van der Waals surface area contributed by atoms with Gasteiger partial charge >= 0.3 is 18.3 Å². The predicted octanol–water partition coefficient (Wildman–Crippen LogP) is 6.10. The molecule has 0 saturated carbocycles. The van der Waals surface area contributed by atoms with Gasteiger partial charge in [-0.1, -0.05) is 11.8 Å². The van der Waals surface area contributed by atoms with Crippen LogP contribution in [0.1, 0.15) is 29.9 Å². The fraction of sp³-hybridized carbons (Fsp3) is 0.350. The summed E-state index contributed by atoms with van der Waals surface area (Å²) in [6.07, 6.45) is -7.55. The second kappa shape index (κ2) is 10.4. The summed E-state index contributed by atoms with van der Waals surface area (Å²) in [5, 5.41) is 10.4. The Balaban J connectivity index is 0.000000423. The summed E-state index contributed by atoms with van der Waals surface area (Å²) in [6.45, 7) is 1.79. The van der Waals surface area contributed by atoms with Crippen LogP contribution in [0.15, 0.2) is 52.3 Å². The van der Waals surface area contributed by atoms with Gasteiger partial charge in [-0.25, -0.2) is 9.18 Å². The number of carboxylic acids is 1. The van der Waals surface area contributed by atoms with Crippen LogP contribution in [-0.2, 0) is 11.0 Å². The third kappa shape index (κ3) is 7.73. The van der Waals surface area contributed by atoms with E-state index in [1.54, 1.807) is 12.1 Å². The van der Waals surface area contributed by atoms with E-state index in [4.69, 9.17) is 9.90 Å². The Morgan fingerprint density at radius 2 is 1.52 bits per heavy atom. The van der Waals surface area contributed by atoms with Gasteiger partial charge in [-0.2, -0.15) is 26.3 Å². The molecule has 1 heterocycles. The van der Waals surface area contributed by atoms with Crippen molar-refractivity contribution in [3.05, 3.63) is 59.4 Å². The molecule has 2 N–H and O–H groups in total. The zero-order valence-corrected chi connectivity index (χ0v) is 16.7. The molecule has 3 nitrogen and oxygen atoms in total. The van der Waals surface area contributed by atoms with Gasteiger partial charge in [-0.15, -0.1) is 0 Å². The summed E-state index contributed by atoms with van der Waals surface area (Å²) in [5.74, 6) is -2.76. The summed E-state index contributed by atoms with van der Waals surface area (Å²) in [5.41, 5.74) is 0.283. The van der Waals surface area contributed by atoms with E-state index < -0.39 is 23.9 Å². The molecule has 0 spiro atoms. The number of rotatable bonds is 3. The number of carboxylic acid groups (broad SMARTS) is 1. The molecule has 0 bridgehead atoms. The van der Waals surface area contributed by atoms with Gasteiger partial charge in [0.1, 0.15) is 5.82 Å². The smallest absolute Gasteiger partial charge is 0.475 e. The van der Waals surface area contributed by atoms with Crippen molar-refractivity contribution in [1.29, 1.82) is 0 Å². The van der Waals surface area contributed by atoms with Crippen molar-refractivity contribution in [2.45, 2.75) is 40.9 Å². The first-order valence-corrected chi connectivity index (χ1v) is 9.85. The molecular weight excluding hydrogens is 451 g/mol. The molecule has 2 aromatic rings. The van der Waals surface area contributed by atoms with E-state index in [0.29, 0.717) is 4.90 Å². The molecule has 170 valence electrons. The van der Waals surface area contributed by atoms with E-state index in [9.17, 15) is 30.7 Å². The summed E-state index contributed by atoms with van der Waals surface area (Å²) in [4.78, 5) is 10.5. The van der Waals surface area contributed by atoms with Crippen LogP contribution in [0.25, 0.3) is 0 Å². The van der Waals surface area contributed by atoms with Crippen LogP contribution in [0, 0.1) is 5.82 Å². The third-order valence-electron chi connectivity index (χ3n) is 4.40. The number of halogens is 7. The lowest BCUT2D eigenvalue weighted by atomic mass is 9.90. The van der Waals surface area contributed by atoms with Gasteiger partial charge in [0.15, 0.2) is 0 Å². The van der Waals surface area contributed by atoms with Crippen LogP contribution >= 0.6 is 11.8 Å². The topological polar surface area (TPSA) is 49.3 Å². The Morgan fingerprint density at radius 1 is 0.968 bits per heavy atom. The van der Waals surface area contributed by atoms with Crippen molar-refractivity contribution in [1.82, 2.24) is 5.32 Å². The maximum Gasteiger partial charge on any atom is 0.490 e. The molecule has 11 heteroatoms. The first-order chi connectivity index (χ1) is 14.4. The largest absolute Gasteiger partial charge is 0.490 e. The van der Waals surface area contributed by atoms with Crippen LogP contribution in [0.3, 0.4) is 0 Å². The molecule has 0 atom stereocenters. The minimum atomic E-state index is -5.08. The predicted molar refractivity (Wildman–Crippen MR) is 101 cm³/mol. The molecule has 31 heavy (non-hydrogen) atoms. The summed E-state index contributed by atoms with van der Waals surface area (Å²) < 4.78 is 83.3. The van der Waals surface area contributed by atoms with Crippen LogP contribution in [0.4, 0.5) is 30.7 Å². The molecule has 0 amide bonds. The fourth-order valence-electron chi connectivity index (χ4n) is 2.90. The first-order valence-electron chi connectivity index (χ1n) is 9.03. The van der Waals surface area contributed by atoms with Gasteiger partial charge in [0, 0.05) is 9.79 Å². The highest BCUT2D eigenvalue weighted by Gasteiger charge is 2.38. The zero-order chi connectivity index (χ0) is 23.2. The van der Waals surface area contributed by atoms with Gasteiger partial charge in [0.2, 0.25) is 0 Å². The SMILES string of the molecule is Fc1ccc(Sc2ccc(C(F)(F)F)cc2)c(C2CCNCC2)c1.O=C(O)C(F)(F)F. The second-order valence-electron chi connectivity index (χ2n) is 6.63. The highest BCUT2D eigenvalue weighted by Crippen LogP contribution is 2.38. The van der Waals surface area contributed by atoms with E-state index >= 15 is 0 Å². The number of carbonyl (C=O) groups is 1. The number of piperidine rings is 1. The van der Waals surface area contributed by atoms with Crippen LogP contribution < -0.4 is 5.32 Å². The Labute approximate surface area is 177 Å². The highest BCUT2D eigenvalue weighted by molar-refractivity contribution is 7.99. The van der Waals surface area contributed by atoms with Crippen LogP contribution in [0.2, 0.25) is 0 Å². The number of benzene rings is 2. The third-order valence-corrected chi connectivity index (χ3v) is 5.50. The fourth-order valence-corrected chi connectivity index (χ4v) is 3.91. The van der Waals surface area contributed by atoms with E-state index in [1.165, 1.54) is 30.0 Å². The molecule has 3 rings (SSSR count). The van der Waals surface area contributed by atoms with Crippen LogP contribution in [0.5, 0.6) is 0 Å². The monoisotopic (exact) mass is 469 g/mol. The normalized spacial score (nSPS) is 15.2. The number of aliphatic carboxylic acids is 1. The van der Waals surface area contributed by atoms with Gasteiger partial charge in [0.05, 0.1) is 5.56 Å². The van der Waals surface area contributed by atoms with Crippen molar-refractivity contribution < 1.29 is 40.6 Å². The van der Waals surface area contributed by atoms with E-state index in [1.807, 2.05) is 0 Å². The summed E-state index contributed by atoms with van der Waals surface area (Å²) in [7, 11) is 0. The quantitative estimate of drug-likeness (QED) is 0.534. The van der Waals surface area contributed by atoms with Gasteiger partial charge in [-0.3, -0.25) is 0 Å². The van der Waals surface area contributed by atoms with Gasteiger partial charge in [-0.05, 0) is 79.9 Å². The Hall–Kier alpha value is -2.27. The standard InChI is InChI=1S/C18H17F4NS.C2HF3O2/c19-14-3-6-17(16(11-14)12-7-9-23-10-8-12)24-15-4-1-13(2-5-15)18(20,21)22;3-2(4,5)1(6)7/h1-6,11-12,23H,7-10H2;(H,6,7). The van der Waals surface area contributed by atoms with Crippen molar-refractivity contribution in [2.24, 2.45) is 0 Å². The molecule has 0 aromatic heterocycles.